The zero-order chi connectivity index (χ0) is 9.84. The van der Waals surface area contributed by atoms with Crippen molar-refractivity contribution in [3.05, 3.63) is 12.7 Å². The van der Waals surface area contributed by atoms with Crippen LogP contribution in [0.5, 0.6) is 0 Å². The molecule has 0 aliphatic carbocycles. The van der Waals surface area contributed by atoms with Crippen molar-refractivity contribution in [3.8, 4) is 0 Å². The Morgan fingerprint density at radius 1 is 1.15 bits per heavy atom. The highest BCUT2D eigenvalue weighted by atomic mass is 15.3. The SMILES string of the molecule is CC(C)C(Cn1cncn1)C(C)C. The standard InChI is InChI=1S/C10H19N3/c1-8(2)10(9(3)4)5-13-7-11-6-12-13/h6-10H,5H2,1-4H3. The van der Waals surface area contributed by atoms with Gasteiger partial charge < -0.3 is 0 Å². The molecular formula is C10H19N3. The Labute approximate surface area is 80.2 Å². The zero-order valence-corrected chi connectivity index (χ0v) is 8.94. The summed E-state index contributed by atoms with van der Waals surface area (Å²) in [6.07, 6.45) is 3.38. The van der Waals surface area contributed by atoms with Gasteiger partial charge in [-0.2, -0.15) is 5.10 Å². The van der Waals surface area contributed by atoms with Crippen LogP contribution >= 0.6 is 0 Å². The third kappa shape index (κ3) is 2.83. The second-order valence-corrected chi connectivity index (χ2v) is 4.27. The zero-order valence-electron chi connectivity index (χ0n) is 8.94. The van der Waals surface area contributed by atoms with E-state index in [1.165, 1.54) is 0 Å². The smallest absolute Gasteiger partial charge is 0.137 e. The van der Waals surface area contributed by atoms with Gasteiger partial charge in [-0.25, -0.2) is 4.98 Å². The average molecular weight is 181 g/mol. The van der Waals surface area contributed by atoms with Gasteiger partial charge in [0.2, 0.25) is 0 Å². The molecule has 1 aromatic heterocycles. The number of aromatic nitrogens is 3. The topological polar surface area (TPSA) is 30.7 Å². The van der Waals surface area contributed by atoms with Gasteiger partial charge in [0.25, 0.3) is 0 Å². The van der Waals surface area contributed by atoms with Gasteiger partial charge in [-0.15, -0.1) is 0 Å². The first-order valence-electron chi connectivity index (χ1n) is 4.93. The van der Waals surface area contributed by atoms with E-state index in [0.717, 1.165) is 6.54 Å². The molecule has 0 unspecified atom stereocenters. The second kappa shape index (κ2) is 4.40. The van der Waals surface area contributed by atoms with Crippen molar-refractivity contribution in [1.29, 1.82) is 0 Å². The molecule has 0 N–H and O–H groups in total. The lowest BCUT2D eigenvalue weighted by Gasteiger charge is -2.24. The lowest BCUT2D eigenvalue weighted by Crippen LogP contribution is -2.22. The highest BCUT2D eigenvalue weighted by Crippen LogP contribution is 2.21. The molecule has 1 rings (SSSR count). The summed E-state index contributed by atoms with van der Waals surface area (Å²) < 4.78 is 1.92. The molecule has 3 heteroatoms. The summed E-state index contributed by atoms with van der Waals surface area (Å²) in [5, 5.41) is 4.13. The molecule has 0 saturated heterocycles. The molecule has 0 fully saturated rings. The Balaban J connectivity index is 2.58. The molecule has 0 atom stereocenters. The molecule has 74 valence electrons. The van der Waals surface area contributed by atoms with Crippen LogP contribution in [0, 0.1) is 17.8 Å². The molecule has 0 aliphatic rings. The Morgan fingerprint density at radius 3 is 2.15 bits per heavy atom. The highest BCUT2D eigenvalue weighted by molar-refractivity contribution is 4.68. The van der Waals surface area contributed by atoms with Crippen LogP contribution in [0.25, 0.3) is 0 Å². The first kappa shape index (κ1) is 10.2. The van der Waals surface area contributed by atoms with Crippen molar-refractivity contribution in [2.75, 3.05) is 0 Å². The second-order valence-electron chi connectivity index (χ2n) is 4.27. The lowest BCUT2D eigenvalue weighted by atomic mass is 9.86. The fraction of sp³-hybridized carbons (Fsp3) is 0.800. The summed E-state index contributed by atoms with van der Waals surface area (Å²) >= 11 is 0. The molecule has 1 heterocycles. The number of hydrogen-bond donors (Lipinski definition) is 0. The van der Waals surface area contributed by atoms with Crippen LogP contribution in [0.15, 0.2) is 12.7 Å². The van der Waals surface area contributed by atoms with Crippen molar-refractivity contribution in [2.24, 2.45) is 17.8 Å². The minimum Gasteiger partial charge on any atom is -0.253 e. The molecule has 1 aromatic rings. The van der Waals surface area contributed by atoms with Crippen LogP contribution in [0.1, 0.15) is 27.7 Å². The number of rotatable bonds is 4. The van der Waals surface area contributed by atoms with E-state index in [1.807, 2.05) is 4.68 Å². The maximum absolute atomic E-state index is 4.13. The molecule has 0 aliphatic heterocycles. The van der Waals surface area contributed by atoms with E-state index >= 15 is 0 Å². The summed E-state index contributed by atoms with van der Waals surface area (Å²) in [7, 11) is 0. The predicted octanol–water partition coefficient (Wildman–Crippen LogP) is 2.21. The van der Waals surface area contributed by atoms with Gasteiger partial charge in [0.05, 0.1) is 0 Å². The first-order valence-corrected chi connectivity index (χ1v) is 4.93. The third-order valence-electron chi connectivity index (χ3n) is 2.58. The maximum Gasteiger partial charge on any atom is 0.137 e. The van der Waals surface area contributed by atoms with E-state index in [0.29, 0.717) is 17.8 Å². The number of hydrogen-bond acceptors (Lipinski definition) is 2. The summed E-state index contributed by atoms with van der Waals surface area (Å²) in [4.78, 5) is 3.95. The van der Waals surface area contributed by atoms with Crippen molar-refractivity contribution in [1.82, 2.24) is 14.8 Å². The average Bonchev–Trinajstić information content (AvgIpc) is 2.50. The first-order chi connectivity index (χ1) is 6.11. The Hall–Kier alpha value is -0.860. The van der Waals surface area contributed by atoms with E-state index in [2.05, 4.69) is 37.8 Å². The van der Waals surface area contributed by atoms with E-state index in [9.17, 15) is 0 Å². The minimum absolute atomic E-state index is 0.682. The molecule has 0 bridgehead atoms. The van der Waals surface area contributed by atoms with Gasteiger partial charge in [-0.1, -0.05) is 27.7 Å². The molecule has 3 nitrogen and oxygen atoms in total. The van der Waals surface area contributed by atoms with Crippen LogP contribution < -0.4 is 0 Å². The van der Waals surface area contributed by atoms with Crippen molar-refractivity contribution >= 4 is 0 Å². The van der Waals surface area contributed by atoms with E-state index in [1.54, 1.807) is 12.7 Å². The summed E-state index contributed by atoms with van der Waals surface area (Å²) in [5.41, 5.74) is 0. The van der Waals surface area contributed by atoms with E-state index < -0.39 is 0 Å². The normalized spacial score (nSPS) is 11.9. The molecule has 13 heavy (non-hydrogen) atoms. The molecule has 0 radical (unpaired) electrons. The van der Waals surface area contributed by atoms with Crippen LogP contribution in [0.4, 0.5) is 0 Å². The van der Waals surface area contributed by atoms with Crippen LogP contribution in [0.2, 0.25) is 0 Å². The summed E-state index contributed by atoms with van der Waals surface area (Å²) in [6.45, 7) is 10.0. The predicted molar refractivity (Wildman–Crippen MR) is 53.2 cm³/mol. The van der Waals surface area contributed by atoms with Gasteiger partial charge in [-0.3, -0.25) is 4.68 Å². The quantitative estimate of drug-likeness (QED) is 0.713. The molecule has 0 spiro atoms. The van der Waals surface area contributed by atoms with E-state index in [-0.39, 0.29) is 0 Å². The third-order valence-corrected chi connectivity index (χ3v) is 2.58. The Kier molecular flexibility index (Phi) is 3.46. The maximum atomic E-state index is 4.13. The fourth-order valence-corrected chi connectivity index (χ4v) is 1.73. The Morgan fingerprint density at radius 2 is 1.77 bits per heavy atom. The largest absolute Gasteiger partial charge is 0.253 e. The molecular weight excluding hydrogens is 162 g/mol. The van der Waals surface area contributed by atoms with Crippen molar-refractivity contribution in [2.45, 2.75) is 34.2 Å². The fourth-order valence-electron chi connectivity index (χ4n) is 1.73. The van der Waals surface area contributed by atoms with Gasteiger partial charge >= 0.3 is 0 Å². The van der Waals surface area contributed by atoms with Crippen molar-refractivity contribution < 1.29 is 0 Å². The number of nitrogens with zero attached hydrogens (tertiary/aromatic N) is 3. The van der Waals surface area contributed by atoms with Gasteiger partial charge in [0.15, 0.2) is 0 Å². The minimum atomic E-state index is 0.682. The lowest BCUT2D eigenvalue weighted by molar-refractivity contribution is 0.242. The summed E-state index contributed by atoms with van der Waals surface area (Å²) in [6, 6.07) is 0. The molecule has 0 saturated carbocycles. The Bertz CT molecular complexity index is 218. The molecule has 0 aromatic carbocycles. The monoisotopic (exact) mass is 181 g/mol. The van der Waals surface area contributed by atoms with Gasteiger partial charge in [-0.05, 0) is 17.8 Å². The van der Waals surface area contributed by atoms with Gasteiger partial charge in [0.1, 0.15) is 12.7 Å². The molecule has 0 amide bonds. The van der Waals surface area contributed by atoms with Crippen LogP contribution in [-0.4, -0.2) is 14.8 Å². The van der Waals surface area contributed by atoms with E-state index in [4.69, 9.17) is 0 Å². The van der Waals surface area contributed by atoms with Gasteiger partial charge in [0, 0.05) is 6.54 Å². The summed E-state index contributed by atoms with van der Waals surface area (Å²) in [5.74, 6) is 2.08. The van der Waals surface area contributed by atoms with Crippen LogP contribution in [-0.2, 0) is 6.54 Å². The highest BCUT2D eigenvalue weighted by Gasteiger charge is 2.17. The van der Waals surface area contributed by atoms with Crippen molar-refractivity contribution in [3.63, 3.8) is 0 Å². The van der Waals surface area contributed by atoms with Crippen LogP contribution in [0.3, 0.4) is 0 Å².